The van der Waals surface area contributed by atoms with Gasteiger partial charge in [0.05, 0.1) is 4.90 Å². The number of piperidine rings is 1. The van der Waals surface area contributed by atoms with Crippen molar-refractivity contribution in [3.05, 3.63) is 83.7 Å². The maximum atomic E-state index is 13.3. The van der Waals surface area contributed by atoms with E-state index in [4.69, 9.17) is 4.74 Å². The number of hydrogen-bond acceptors (Lipinski definition) is 5. The Balaban J connectivity index is 1.32. The lowest BCUT2D eigenvalue weighted by Crippen LogP contribution is -2.35. The Hall–Kier alpha value is -3.23. The van der Waals surface area contributed by atoms with Gasteiger partial charge in [0.2, 0.25) is 10.0 Å². The highest BCUT2D eigenvalue weighted by atomic mass is 32.2. The highest BCUT2D eigenvalue weighted by Gasteiger charge is 2.30. The molecule has 7 nitrogen and oxygen atoms in total. The van der Waals surface area contributed by atoms with E-state index in [1.165, 1.54) is 0 Å². The van der Waals surface area contributed by atoms with Crippen molar-refractivity contribution in [2.75, 3.05) is 24.5 Å². The van der Waals surface area contributed by atoms with E-state index in [-0.39, 0.29) is 5.91 Å². The van der Waals surface area contributed by atoms with Crippen LogP contribution in [0.1, 0.15) is 40.7 Å². The second-order valence-corrected chi connectivity index (χ2v) is 10.6. The van der Waals surface area contributed by atoms with Crippen LogP contribution in [0.5, 0.6) is 5.75 Å². The number of anilines is 1. The first-order valence-electron chi connectivity index (χ1n) is 11.6. The molecule has 0 atom stereocenters. The van der Waals surface area contributed by atoms with Gasteiger partial charge in [-0.25, -0.2) is 8.42 Å². The second-order valence-electron chi connectivity index (χ2n) is 8.64. The van der Waals surface area contributed by atoms with Crippen molar-refractivity contribution in [3.63, 3.8) is 0 Å². The molecule has 1 fully saturated rings. The zero-order valence-electron chi connectivity index (χ0n) is 18.9. The van der Waals surface area contributed by atoms with E-state index < -0.39 is 10.0 Å². The van der Waals surface area contributed by atoms with Crippen LogP contribution < -0.4 is 9.64 Å². The van der Waals surface area contributed by atoms with E-state index in [1.54, 1.807) is 58.0 Å². The first-order chi connectivity index (χ1) is 16.5. The van der Waals surface area contributed by atoms with Crippen LogP contribution >= 0.6 is 0 Å². The van der Waals surface area contributed by atoms with Crippen LogP contribution in [0.3, 0.4) is 0 Å². The predicted octanol–water partition coefficient (Wildman–Crippen LogP) is 4.04. The van der Waals surface area contributed by atoms with Crippen LogP contribution in [-0.4, -0.2) is 43.2 Å². The largest absolute Gasteiger partial charge is 0.489 e. The molecule has 0 unspecified atom stereocenters. The fourth-order valence-corrected chi connectivity index (χ4v) is 6.10. The fourth-order valence-electron chi connectivity index (χ4n) is 4.53. The summed E-state index contributed by atoms with van der Waals surface area (Å²) >= 11 is 0. The molecule has 2 aliphatic heterocycles. The second kappa shape index (κ2) is 9.56. The van der Waals surface area contributed by atoms with E-state index in [1.807, 2.05) is 18.2 Å². The molecule has 3 heterocycles. The molecule has 176 valence electrons. The molecule has 3 aromatic rings. The first kappa shape index (κ1) is 22.6. The number of sulfonamides is 1. The normalized spacial score (nSPS) is 16.3. The fraction of sp³-hybridized carbons (Fsp3) is 0.308. The van der Waals surface area contributed by atoms with E-state index >= 15 is 0 Å². The summed E-state index contributed by atoms with van der Waals surface area (Å²) in [6, 6.07) is 16.1. The number of nitrogens with zero attached hydrogens (tertiary/aromatic N) is 3. The van der Waals surface area contributed by atoms with E-state index in [9.17, 15) is 13.2 Å². The number of amides is 1. The first-order valence-corrected chi connectivity index (χ1v) is 13.0. The van der Waals surface area contributed by atoms with Crippen LogP contribution in [0.15, 0.2) is 71.9 Å². The third-order valence-electron chi connectivity index (χ3n) is 6.35. The van der Waals surface area contributed by atoms with Gasteiger partial charge in [0.25, 0.3) is 5.91 Å². The average molecular weight is 478 g/mol. The van der Waals surface area contributed by atoms with Gasteiger partial charge in [0, 0.05) is 48.8 Å². The standard InChI is InChI=1S/C26H27N3O4S/c30-26(22-7-4-8-23(16-22)33-19-20-6-5-12-27-18-20)29-15-11-21-17-24(9-10-25(21)29)34(31,32)28-13-2-1-3-14-28/h4-10,12,16-18H,1-3,11,13-15,19H2. The van der Waals surface area contributed by atoms with Crippen LogP contribution in [0.4, 0.5) is 5.69 Å². The number of pyridine rings is 1. The highest BCUT2D eigenvalue weighted by molar-refractivity contribution is 7.89. The Labute approximate surface area is 200 Å². The molecule has 8 heteroatoms. The Morgan fingerprint density at radius 1 is 0.971 bits per heavy atom. The lowest BCUT2D eigenvalue weighted by molar-refractivity contribution is 0.0989. The maximum absolute atomic E-state index is 13.3. The topological polar surface area (TPSA) is 79.8 Å². The number of benzene rings is 2. The number of carbonyl (C=O) groups is 1. The Bertz CT molecular complexity index is 1290. The van der Waals surface area contributed by atoms with Gasteiger partial charge in [-0.05, 0) is 67.3 Å². The molecule has 1 aromatic heterocycles. The minimum atomic E-state index is -3.50. The quantitative estimate of drug-likeness (QED) is 0.535. The number of hydrogen-bond donors (Lipinski definition) is 0. The molecule has 0 radical (unpaired) electrons. The summed E-state index contributed by atoms with van der Waals surface area (Å²) in [6.45, 7) is 2.03. The minimum Gasteiger partial charge on any atom is -0.489 e. The summed E-state index contributed by atoms with van der Waals surface area (Å²) in [5.74, 6) is 0.481. The predicted molar refractivity (Wildman–Crippen MR) is 129 cm³/mol. The Morgan fingerprint density at radius 3 is 2.62 bits per heavy atom. The molecular formula is C26H27N3O4S. The van der Waals surface area contributed by atoms with Crippen molar-refractivity contribution in [1.82, 2.24) is 9.29 Å². The van der Waals surface area contributed by atoms with Crippen LogP contribution in [0.25, 0.3) is 0 Å². The summed E-state index contributed by atoms with van der Waals surface area (Å²) in [7, 11) is -3.50. The Kier molecular flexibility index (Phi) is 6.34. The van der Waals surface area contributed by atoms with Crippen molar-refractivity contribution in [2.24, 2.45) is 0 Å². The SMILES string of the molecule is O=C(c1cccc(OCc2cccnc2)c1)N1CCc2cc(S(=O)(=O)N3CCCCC3)ccc21. The van der Waals surface area contributed by atoms with Gasteiger partial charge in [0.1, 0.15) is 12.4 Å². The lowest BCUT2D eigenvalue weighted by Gasteiger charge is -2.26. The maximum Gasteiger partial charge on any atom is 0.258 e. The zero-order chi connectivity index (χ0) is 23.5. The van der Waals surface area contributed by atoms with Crippen molar-refractivity contribution >= 4 is 21.6 Å². The molecule has 0 aliphatic carbocycles. The monoisotopic (exact) mass is 477 g/mol. The highest BCUT2D eigenvalue weighted by Crippen LogP contribution is 2.33. The van der Waals surface area contributed by atoms with Crippen molar-refractivity contribution < 1.29 is 17.9 Å². The molecule has 5 rings (SSSR count). The number of carbonyl (C=O) groups excluding carboxylic acids is 1. The molecule has 0 N–H and O–H groups in total. The van der Waals surface area contributed by atoms with E-state index in [2.05, 4.69) is 4.98 Å². The van der Waals surface area contributed by atoms with E-state index in [0.29, 0.717) is 48.9 Å². The number of aromatic nitrogens is 1. The molecular weight excluding hydrogens is 450 g/mol. The van der Waals surface area contributed by atoms with Crippen LogP contribution in [-0.2, 0) is 23.1 Å². The molecule has 0 bridgehead atoms. The molecule has 0 saturated carbocycles. The van der Waals surface area contributed by atoms with E-state index in [0.717, 1.165) is 36.1 Å². The van der Waals surface area contributed by atoms with Crippen molar-refractivity contribution in [1.29, 1.82) is 0 Å². The third-order valence-corrected chi connectivity index (χ3v) is 8.25. The van der Waals surface area contributed by atoms with Gasteiger partial charge in [-0.2, -0.15) is 4.31 Å². The molecule has 1 amide bonds. The van der Waals surface area contributed by atoms with Crippen LogP contribution in [0.2, 0.25) is 0 Å². The van der Waals surface area contributed by atoms with Gasteiger partial charge >= 0.3 is 0 Å². The summed E-state index contributed by atoms with van der Waals surface area (Å²) in [5, 5.41) is 0. The summed E-state index contributed by atoms with van der Waals surface area (Å²) < 4.78 is 33.5. The third kappa shape index (κ3) is 4.56. The summed E-state index contributed by atoms with van der Waals surface area (Å²) in [5.41, 5.74) is 3.13. The number of rotatable bonds is 6. The number of ether oxygens (including phenoxy) is 1. The smallest absolute Gasteiger partial charge is 0.258 e. The van der Waals surface area contributed by atoms with Crippen LogP contribution in [0, 0.1) is 0 Å². The van der Waals surface area contributed by atoms with Gasteiger partial charge in [-0.1, -0.05) is 18.6 Å². The molecule has 1 saturated heterocycles. The summed E-state index contributed by atoms with van der Waals surface area (Å²) in [4.78, 5) is 19.4. The number of fused-ring (bicyclic) bond motifs is 1. The molecule has 2 aliphatic rings. The molecule has 0 spiro atoms. The molecule has 2 aromatic carbocycles. The zero-order valence-corrected chi connectivity index (χ0v) is 19.7. The van der Waals surface area contributed by atoms with Gasteiger partial charge in [0.15, 0.2) is 0 Å². The summed E-state index contributed by atoms with van der Waals surface area (Å²) in [6.07, 6.45) is 6.96. The van der Waals surface area contributed by atoms with Gasteiger partial charge in [-0.3, -0.25) is 9.78 Å². The minimum absolute atomic E-state index is 0.128. The van der Waals surface area contributed by atoms with Gasteiger partial charge < -0.3 is 9.64 Å². The average Bonchev–Trinajstić information content (AvgIpc) is 3.32. The lowest BCUT2D eigenvalue weighted by atomic mass is 10.1. The van der Waals surface area contributed by atoms with Gasteiger partial charge in [-0.15, -0.1) is 0 Å². The van der Waals surface area contributed by atoms with Crippen molar-refractivity contribution in [3.8, 4) is 5.75 Å². The van der Waals surface area contributed by atoms with Crippen molar-refractivity contribution in [2.45, 2.75) is 37.2 Å². The Morgan fingerprint density at radius 2 is 1.82 bits per heavy atom. The molecule has 34 heavy (non-hydrogen) atoms.